The topological polar surface area (TPSA) is 24.5 Å². The standard InChI is InChI=1S/C15H23ClN2O/c1-3-17-14(15-11-18(2)8-9-19-15)10-12-4-6-13(16)7-5-12/h4-7,14-15,17H,3,8-11H2,1-2H3. The van der Waals surface area contributed by atoms with E-state index in [1.807, 2.05) is 12.1 Å². The highest BCUT2D eigenvalue weighted by atomic mass is 35.5. The molecule has 19 heavy (non-hydrogen) atoms. The Hall–Kier alpha value is -0.610. The van der Waals surface area contributed by atoms with Crippen molar-refractivity contribution >= 4 is 11.6 Å². The lowest BCUT2D eigenvalue weighted by molar-refractivity contribution is -0.0381. The summed E-state index contributed by atoms with van der Waals surface area (Å²) < 4.78 is 5.93. The zero-order chi connectivity index (χ0) is 13.7. The molecule has 1 N–H and O–H groups in total. The van der Waals surface area contributed by atoms with Crippen LogP contribution in [-0.2, 0) is 11.2 Å². The number of nitrogens with zero attached hydrogens (tertiary/aromatic N) is 1. The average Bonchev–Trinajstić information content (AvgIpc) is 2.41. The van der Waals surface area contributed by atoms with Crippen LogP contribution in [0, 0.1) is 0 Å². The molecule has 1 fully saturated rings. The van der Waals surface area contributed by atoms with Crippen molar-refractivity contribution < 1.29 is 4.74 Å². The average molecular weight is 283 g/mol. The summed E-state index contributed by atoms with van der Waals surface area (Å²) >= 11 is 5.93. The Kier molecular flexibility index (Phi) is 5.64. The Morgan fingerprint density at radius 1 is 1.42 bits per heavy atom. The van der Waals surface area contributed by atoms with Crippen molar-refractivity contribution in [2.24, 2.45) is 0 Å². The van der Waals surface area contributed by atoms with Crippen molar-refractivity contribution in [3.05, 3.63) is 34.9 Å². The summed E-state index contributed by atoms with van der Waals surface area (Å²) in [5, 5.41) is 4.34. The van der Waals surface area contributed by atoms with E-state index in [1.54, 1.807) is 0 Å². The maximum atomic E-state index is 5.93. The second kappa shape index (κ2) is 7.25. The zero-order valence-corrected chi connectivity index (χ0v) is 12.5. The van der Waals surface area contributed by atoms with E-state index in [2.05, 4.69) is 36.3 Å². The summed E-state index contributed by atoms with van der Waals surface area (Å²) in [7, 11) is 2.15. The van der Waals surface area contributed by atoms with Gasteiger partial charge in [0.05, 0.1) is 12.7 Å². The van der Waals surface area contributed by atoms with Gasteiger partial charge in [-0.05, 0) is 37.7 Å². The number of morpholine rings is 1. The number of hydrogen-bond donors (Lipinski definition) is 1. The predicted molar refractivity (Wildman–Crippen MR) is 79.9 cm³/mol. The molecule has 0 saturated carbocycles. The summed E-state index contributed by atoms with van der Waals surface area (Å²) in [6.07, 6.45) is 1.23. The second-order valence-corrected chi connectivity index (χ2v) is 5.60. The molecule has 2 rings (SSSR count). The number of ether oxygens (including phenoxy) is 1. The summed E-state index contributed by atoms with van der Waals surface area (Å²) in [5.41, 5.74) is 1.30. The summed E-state index contributed by atoms with van der Waals surface area (Å²) in [4.78, 5) is 2.33. The molecule has 1 aromatic carbocycles. The molecule has 1 aliphatic heterocycles. The van der Waals surface area contributed by atoms with Gasteiger partial charge in [0, 0.05) is 24.2 Å². The fourth-order valence-corrected chi connectivity index (χ4v) is 2.65. The van der Waals surface area contributed by atoms with Crippen LogP contribution >= 0.6 is 11.6 Å². The van der Waals surface area contributed by atoms with Gasteiger partial charge in [-0.15, -0.1) is 0 Å². The van der Waals surface area contributed by atoms with Crippen molar-refractivity contribution in [1.82, 2.24) is 10.2 Å². The zero-order valence-electron chi connectivity index (χ0n) is 11.7. The Balaban J connectivity index is 2.00. The van der Waals surface area contributed by atoms with Crippen molar-refractivity contribution in [1.29, 1.82) is 0 Å². The van der Waals surface area contributed by atoms with Gasteiger partial charge >= 0.3 is 0 Å². The van der Waals surface area contributed by atoms with Gasteiger partial charge in [0.2, 0.25) is 0 Å². The molecule has 0 aromatic heterocycles. The molecule has 1 saturated heterocycles. The highest BCUT2D eigenvalue weighted by Crippen LogP contribution is 2.15. The van der Waals surface area contributed by atoms with Crippen LogP contribution in [0.1, 0.15) is 12.5 Å². The van der Waals surface area contributed by atoms with Gasteiger partial charge < -0.3 is 15.0 Å². The largest absolute Gasteiger partial charge is 0.374 e. The minimum Gasteiger partial charge on any atom is -0.374 e. The first-order chi connectivity index (χ1) is 9.19. The maximum absolute atomic E-state index is 5.93. The molecular formula is C15H23ClN2O. The highest BCUT2D eigenvalue weighted by molar-refractivity contribution is 6.30. The molecule has 1 heterocycles. The number of nitrogens with one attached hydrogen (secondary N) is 1. The lowest BCUT2D eigenvalue weighted by Crippen LogP contribution is -2.52. The minimum atomic E-state index is 0.259. The quantitative estimate of drug-likeness (QED) is 0.896. The van der Waals surface area contributed by atoms with Gasteiger partial charge in [0.15, 0.2) is 0 Å². The van der Waals surface area contributed by atoms with Gasteiger partial charge in [0.1, 0.15) is 0 Å². The van der Waals surface area contributed by atoms with Gasteiger partial charge in [0.25, 0.3) is 0 Å². The molecule has 3 nitrogen and oxygen atoms in total. The Morgan fingerprint density at radius 3 is 2.79 bits per heavy atom. The van der Waals surface area contributed by atoms with E-state index in [4.69, 9.17) is 16.3 Å². The lowest BCUT2D eigenvalue weighted by Gasteiger charge is -2.35. The van der Waals surface area contributed by atoms with Crippen LogP contribution < -0.4 is 5.32 Å². The Bertz CT molecular complexity index is 382. The molecule has 106 valence electrons. The molecule has 4 heteroatoms. The van der Waals surface area contributed by atoms with E-state index in [0.717, 1.165) is 37.7 Å². The number of hydrogen-bond acceptors (Lipinski definition) is 3. The van der Waals surface area contributed by atoms with Crippen LogP contribution in [0.5, 0.6) is 0 Å². The van der Waals surface area contributed by atoms with E-state index in [9.17, 15) is 0 Å². The van der Waals surface area contributed by atoms with Crippen LogP contribution in [0.3, 0.4) is 0 Å². The summed E-state index contributed by atoms with van der Waals surface area (Å²) in [6.45, 7) is 5.94. The first kappa shape index (κ1) is 14.8. The fraction of sp³-hybridized carbons (Fsp3) is 0.600. The normalized spacial score (nSPS) is 22.4. The molecule has 1 aromatic rings. The van der Waals surface area contributed by atoms with E-state index in [0.29, 0.717) is 6.04 Å². The SMILES string of the molecule is CCNC(Cc1ccc(Cl)cc1)C1CN(C)CCO1. The molecule has 0 spiro atoms. The lowest BCUT2D eigenvalue weighted by atomic mass is 10.00. The van der Waals surface area contributed by atoms with E-state index in [-0.39, 0.29) is 6.10 Å². The minimum absolute atomic E-state index is 0.259. The molecule has 0 radical (unpaired) electrons. The van der Waals surface area contributed by atoms with Crippen LogP contribution in [0.2, 0.25) is 5.02 Å². The third-order valence-electron chi connectivity index (χ3n) is 3.58. The number of likely N-dealkylation sites (N-methyl/N-ethyl adjacent to an activating group) is 2. The Labute approximate surface area is 120 Å². The summed E-state index contributed by atoms with van der Waals surface area (Å²) in [5.74, 6) is 0. The third kappa shape index (κ3) is 4.46. The molecule has 0 aliphatic carbocycles. The van der Waals surface area contributed by atoms with Crippen LogP contribution in [0.15, 0.2) is 24.3 Å². The van der Waals surface area contributed by atoms with Gasteiger partial charge in [-0.1, -0.05) is 30.7 Å². The van der Waals surface area contributed by atoms with Crippen molar-refractivity contribution in [2.45, 2.75) is 25.5 Å². The van der Waals surface area contributed by atoms with Crippen molar-refractivity contribution in [3.8, 4) is 0 Å². The molecule has 2 atom stereocenters. The first-order valence-electron chi connectivity index (χ1n) is 6.97. The van der Waals surface area contributed by atoms with Crippen LogP contribution in [-0.4, -0.2) is 50.3 Å². The van der Waals surface area contributed by atoms with Gasteiger partial charge in [-0.3, -0.25) is 0 Å². The van der Waals surface area contributed by atoms with Crippen LogP contribution in [0.25, 0.3) is 0 Å². The van der Waals surface area contributed by atoms with E-state index in [1.165, 1.54) is 5.56 Å². The monoisotopic (exact) mass is 282 g/mol. The van der Waals surface area contributed by atoms with Crippen LogP contribution in [0.4, 0.5) is 0 Å². The van der Waals surface area contributed by atoms with Gasteiger partial charge in [-0.2, -0.15) is 0 Å². The second-order valence-electron chi connectivity index (χ2n) is 5.17. The summed E-state index contributed by atoms with van der Waals surface area (Å²) in [6, 6.07) is 8.45. The molecular weight excluding hydrogens is 260 g/mol. The molecule has 2 unspecified atom stereocenters. The van der Waals surface area contributed by atoms with Crippen molar-refractivity contribution in [2.75, 3.05) is 33.3 Å². The highest BCUT2D eigenvalue weighted by Gasteiger charge is 2.26. The number of rotatable bonds is 5. The smallest absolute Gasteiger partial charge is 0.0858 e. The molecule has 1 aliphatic rings. The fourth-order valence-electron chi connectivity index (χ4n) is 2.53. The molecule has 0 bridgehead atoms. The maximum Gasteiger partial charge on any atom is 0.0858 e. The Morgan fingerprint density at radius 2 is 2.16 bits per heavy atom. The number of halogens is 1. The predicted octanol–water partition coefficient (Wildman–Crippen LogP) is 2.19. The van der Waals surface area contributed by atoms with E-state index < -0.39 is 0 Å². The third-order valence-corrected chi connectivity index (χ3v) is 3.83. The van der Waals surface area contributed by atoms with E-state index >= 15 is 0 Å². The first-order valence-corrected chi connectivity index (χ1v) is 7.35. The van der Waals surface area contributed by atoms with Gasteiger partial charge in [-0.25, -0.2) is 0 Å². The van der Waals surface area contributed by atoms with Crippen molar-refractivity contribution in [3.63, 3.8) is 0 Å². The molecule has 0 amide bonds. The number of benzene rings is 1.